The van der Waals surface area contributed by atoms with Crippen molar-refractivity contribution in [3.63, 3.8) is 0 Å². The topological polar surface area (TPSA) is 0 Å². The van der Waals surface area contributed by atoms with Crippen molar-refractivity contribution in [2.75, 3.05) is 0 Å². The van der Waals surface area contributed by atoms with Crippen molar-refractivity contribution in [2.45, 2.75) is 83.1 Å². The van der Waals surface area contributed by atoms with E-state index in [9.17, 15) is 0 Å². The van der Waals surface area contributed by atoms with E-state index in [0.29, 0.717) is 0 Å². The first-order valence-electron chi connectivity index (χ1n) is 7.41. The normalized spacial score (nSPS) is 11.4. The third-order valence-electron chi connectivity index (χ3n) is 0. The molecule has 0 aliphatic carbocycles. The van der Waals surface area contributed by atoms with Crippen LogP contribution in [0, 0.1) is 49.4 Å². The fourth-order valence-electron chi connectivity index (χ4n) is 0. The third kappa shape index (κ3) is 24900. The number of hydrogen-bond donors (Lipinski definition) is 0. The average molecular weight is 337 g/mol. The van der Waals surface area contributed by atoms with E-state index in [2.05, 4.69) is 111 Å². The molecular formula is C20H44Cr-. The van der Waals surface area contributed by atoms with Crippen LogP contribution < -0.4 is 0 Å². The fourth-order valence-corrected chi connectivity index (χ4v) is 0. The van der Waals surface area contributed by atoms with Crippen molar-refractivity contribution in [3.8, 4) is 0 Å². The molecule has 0 nitrogen and oxygen atoms in total. The molecular weight excluding hydrogens is 292 g/mol. The van der Waals surface area contributed by atoms with Crippen LogP contribution in [0.15, 0.2) is 0 Å². The molecule has 0 aliphatic rings. The quantitative estimate of drug-likeness (QED) is 0.403. The van der Waals surface area contributed by atoms with Crippen LogP contribution in [0.3, 0.4) is 0 Å². The number of hydrogen-bond acceptors (Lipinski definition) is 0. The van der Waals surface area contributed by atoms with Crippen molar-refractivity contribution >= 4 is 0 Å². The molecule has 0 atom stereocenters. The Morgan fingerprint density at radius 1 is 0.333 bits per heavy atom. The Bertz CT molecular complexity index is 116. The van der Waals surface area contributed by atoms with Crippen LogP contribution in [0.1, 0.15) is 83.1 Å². The molecule has 0 aromatic rings. The maximum atomic E-state index is 3.77. The molecule has 0 heterocycles. The Morgan fingerprint density at radius 3 is 0.333 bits per heavy atom. The zero-order valence-electron chi connectivity index (χ0n) is 17.2. The Morgan fingerprint density at radius 2 is 0.333 bits per heavy atom. The smallest absolute Gasteiger partial charge is 0.338 e. The summed E-state index contributed by atoms with van der Waals surface area (Å²) in [6, 6.07) is 0. The predicted octanol–water partition coefficient (Wildman–Crippen LogP) is 7.46. The fraction of sp³-hybridized carbons (Fsp3) is 0.800. The summed E-state index contributed by atoms with van der Waals surface area (Å²) >= 11 is 0. The van der Waals surface area contributed by atoms with Gasteiger partial charge in [-0.1, -0.05) is 83.1 Å². The Kier molecular flexibility index (Phi) is 20.6. The molecule has 21 heavy (non-hydrogen) atoms. The van der Waals surface area contributed by atoms with Crippen molar-refractivity contribution in [3.05, 3.63) is 27.7 Å². The number of rotatable bonds is 0. The summed E-state index contributed by atoms with van der Waals surface area (Å²) in [5.74, 6) is 0. The zero-order chi connectivity index (χ0) is 18.0. The second-order valence-electron chi connectivity index (χ2n) is 10.2. The summed E-state index contributed by atoms with van der Waals surface area (Å²) in [5.41, 5.74) is 1.00. The standard InChI is InChI=1S/4C5H11.Cr/c4*1-5(2,3)4;/h4*1H2,2-4H3;/q4*-1;+3. The summed E-state index contributed by atoms with van der Waals surface area (Å²) in [4.78, 5) is 0. The average Bonchev–Trinajstić information content (AvgIpc) is 1.62. The first-order chi connectivity index (χ1) is 8.00. The van der Waals surface area contributed by atoms with Crippen molar-refractivity contribution in [1.29, 1.82) is 0 Å². The molecule has 0 aliphatic heterocycles. The van der Waals surface area contributed by atoms with E-state index in [-0.39, 0.29) is 39.0 Å². The monoisotopic (exact) mass is 336 g/mol. The zero-order valence-corrected chi connectivity index (χ0v) is 18.5. The van der Waals surface area contributed by atoms with Crippen LogP contribution in [-0.2, 0) is 17.4 Å². The second-order valence-corrected chi connectivity index (χ2v) is 10.2. The van der Waals surface area contributed by atoms with Gasteiger partial charge < -0.3 is 27.7 Å². The molecule has 0 aromatic carbocycles. The van der Waals surface area contributed by atoms with E-state index in [4.69, 9.17) is 0 Å². The van der Waals surface area contributed by atoms with E-state index in [0.717, 1.165) is 0 Å². The minimum atomic E-state index is 0. The van der Waals surface area contributed by atoms with Crippen LogP contribution in [0.25, 0.3) is 0 Å². The maximum absolute atomic E-state index is 3.77. The minimum absolute atomic E-state index is 0. The van der Waals surface area contributed by atoms with Crippen LogP contribution in [-0.4, -0.2) is 0 Å². The van der Waals surface area contributed by atoms with Crippen molar-refractivity contribution < 1.29 is 17.4 Å². The van der Waals surface area contributed by atoms with Gasteiger partial charge in [-0.25, -0.2) is 0 Å². The summed E-state index contributed by atoms with van der Waals surface area (Å²) in [6.07, 6.45) is 0. The molecule has 0 spiro atoms. The Hall–Kier alpha value is 0.532. The van der Waals surface area contributed by atoms with Crippen LogP contribution in [0.5, 0.6) is 0 Å². The molecule has 0 rings (SSSR count). The van der Waals surface area contributed by atoms with Gasteiger partial charge in [-0.05, 0) is 0 Å². The van der Waals surface area contributed by atoms with Gasteiger partial charge in [-0.3, -0.25) is 0 Å². The predicted molar refractivity (Wildman–Crippen MR) is 99.2 cm³/mol. The van der Waals surface area contributed by atoms with E-state index in [1.165, 1.54) is 0 Å². The van der Waals surface area contributed by atoms with Crippen LogP contribution in [0.4, 0.5) is 0 Å². The maximum Gasteiger partial charge on any atom is 3.00 e. The first-order valence-corrected chi connectivity index (χ1v) is 7.41. The third-order valence-corrected chi connectivity index (χ3v) is 0. The van der Waals surface area contributed by atoms with Gasteiger partial charge in [0.1, 0.15) is 0 Å². The van der Waals surface area contributed by atoms with Gasteiger partial charge in [0, 0.05) is 0 Å². The Balaban J connectivity index is -0.0000000533. The van der Waals surface area contributed by atoms with Gasteiger partial charge in [-0.15, -0.1) is 0 Å². The molecule has 0 amide bonds. The molecule has 0 N–H and O–H groups in total. The molecule has 0 fully saturated rings. The van der Waals surface area contributed by atoms with Gasteiger partial charge in [0.2, 0.25) is 0 Å². The Labute approximate surface area is 150 Å². The molecule has 0 bridgehead atoms. The van der Waals surface area contributed by atoms with Crippen molar-refractivity contribution in [1.82, 2.24) is 0 Å². The summed E-state index contributed by atoms with van der Waals surface area (Å²) in [7, 11) is 0. The molecule has 1 heteroatoms. The molecule has 0 aromatic heterocycles. The van der Waals surface area contributed by atoms with Crippen molar-refractivity contribution in [2.24, 2.45) is 21.7 Å². The minimum Gasteiger partial charge on any atom is -0.338 e. The van der Waals surface area contributed by atoms with Crippen LogP contribution >= 0.6 is 0 Å². The van der Waals surface area contributed by atoms with E-state index in [1.807, 2.05) is 0 Å². The second kappa shape index (κ2) is 13.0. The molecule has 0 unspecified atom stereocenters. The molecule has 1 radical (unpaired) electrons. The van der Waals surface area contributed by atoms with Gasteiger partial charge in [-0.2, -0.15) is 21.7 Å². The molecule has 0 saturated heterocycles. The van der Waals surface area contributed by atoms with Gasteiger partial charge in [0.05, 0.1) is 0 Å². The summed E-state index contributed by atoms with van der Waals surface area (Å²) in [5, 5.41) is 0. The molecule has 0 saturated carbocycles. The van der Waals surface area contributed by atoms with E-state index < -0.39 is 0 Å². The first kappa shape index (κ1) is 33.2. The van der Waals surface area contributed by atoms with Crippen LogP contribution in [0.2, 0.25) is 0 Å². The van der Waals surface area contributed by atoms with Gasteiger partial charge in [0.25, 0.3) is 0 Å². The summed E-state index contributed by atoms with van der Waals surface area (Å²) in [6.45, 7) is 40.0. The SMILES string of the molecule is [CH2-]C(C)(C)C.[CH2-]C(C)(C)C.[CH2-]C(C)(C)C.[CH2-]C(C)(C)C.[Cr+3]. The molecule has 131 valence electrons. The van der Waals surface area contributed by atoms with E-state index in [1.54, 1.807) is 0 Å². The largest absolute Gasteiger partial charge is 3.00 e. The van der Waals surface area contributed by atoms with Gasteiger partial charge >= 0.3 is 17.4 Å². The van der Waals surface area contributed by atoms with Gasteiger partial charge in [0.15, 0.2) is 0 Å². The summed E-state index contributed by atoms with van der Waals surface area (Å²) < 4.78 is 0. The van der Waals surface area contributed by atoms with E-state index >= 15 is 0 Å².